The SMILES string of the molecule is CC(C)[C@H]1NC(=O)C[C@@H]1C(=O)O. The van der Waals surface area contributed by atoms with Crippen LogP contribution in [-0.4, -0.2) is 23.0 Å². The molecule has 1 aliphatic rings. The minimum atomic E-state index is -0.882. The van der Waals surface area contributed by atoms with E-state index in [1.165, 1.54) is 0 Å². The van der Waals surface area contributed by atoms with E-state index in [-0.39, 0.29) is 24.3 Å². The van der Waals surface area contributed by atoms with Crippen molar-refractivity contribution in [1.82, 2.24) is 5.32 Å². The van der Waals surface area contributed by atoms with Crippen LogP contribution in [0.2, 0.25) is 0 Å². The number of hydrogen-bond acceptors (Lipinski definition) is 2. The molecule has 0 aromatic heterocycles. The van der Waals surface area contributed by atoms with Crippen molar-refractivity contribution in [3.8, 4) is 0 Å². The van der Waals surface area contributed by atoms with E-state index in [4.69, 9.17) is 5.11 Å². The first kappa shape index (κ1) is 9.03. The number of rotatable bonds is 2. The number of carbonyl (C=O) groups excluding carboxylic acids is 1. The molecule has 0 aromatic rings. The molecular weight excluding hydrogens is 158 g/mol. The predicted molar refractivity (Wildman–Crippen MR) is 42.5 cm³/mol. The van der Waals surface area contributed by atoms with E-state index in [9.17, 15) is 9.59 Å². The summed E-state index contributed by atoms with van der Waals surface area (Å²) < 4.78 is 0. The minimum Gasteiger partial charge on any atom is -0.481 e. The van der Waals surface area contributed by atoms with E-state index in [0.29, 0.717) is 0 Å². The molecule has 0 spiro atoms. The van der Waals surface area contributed by atoms with Gasteiger partial charge in [0.25, 0.3) is 0 Å². The van der Waals surface area contributed by atoms with Gasteiger partial charge >= 0.3 is 5.97 Å². The maximum absolute atomic E-state index is 10.9. The summed E-state index contributed by atoms with van der Waals surface area (Å²) in [6, 6.07) is -0.199. The lowest BCUT2D eigenvalue weighted by atomic mass is 9.92. The lowest BCUT2D eigenvalue weighted by molar-refractivity contribution is -0.142. The van der Waals surface area contributed by atoms with Crippen molar-refractivity contribution < 1.29 is 14.7 Å². The van der Waals surface area contributed by atoms with E-state index in [2.05, 4.69) is 5.32 Å². The fraction of sp³-hybridized carbons (Fsp3) is 0.750. The second kappa shape index (κ2) is 3.13. The zero-order valence-electron chi connectivity index (χ0n) is 7.20. The number of carbonyl (C=O) groups is 2. The summed E-state index contributed by atoms with van der Waals surface area (Å²) in [5.74, 6) is -1.40. The molecule has 0 bridgehead atoms. The summed E-state index contributed by atoms with van der Waals surface area (Å²) >= 11 is 0. The van der Waals surface area contributed by atoms with Crippen LogP contribution in [0.3, 0.4) is 0 Å². The first-order valence-electron chi connectivity index (χ1n) is 4.04. The predicted octanol–water partition coefficient (Wildman–Crippen LogP) is 0.232. The molecule has 1 aliphatic heterocycles. The van der Waals surface area contributed by atoms with Gasteiger partial charge in [-0.1, -0.05) is 13.8 Å². The summed E-state index contributed by atoms with van der Waals surface area (Å²) in [5.41, 5.74) is 0. The Balaban J connectivity index is 2.72. The molecular formula is C8H13NO3. The Morgan fingerprint density at radius 2 is 2.25 bits per heavy atom. The second-order valence-corrected chi connectivity index (χ2v) is 3.49. The molecule has 1 fully saturated rings. The highest BCUT2D eigenvalue weighted by molar-refractivity contribution is 5.86. The number of amides is 1. The second-order valence-electron chi connectivity index (χ2n) is 3.49. The number of hydrogen-bond donors (Lipinski definition) is 2. The third kappa shape index (κ3) is 1.57. The molecule has 2 atom stereocenters. The van der Waals surface area contributed by atoms with Crippen molar-refractivity contribution in [2.45, 2.75) is 26.3 Å². The zero-order chi connectivity index (χ0) is 9.30. The molecule has 1 amide bonds. The topological polar surface area (TPSA) is 66.4 Å². The van der Waals surface area contributed by atoms with E-state index < -0.39 is 11.9 Å². The van der Waals surface area contributed by atoms with Crippen molar-refractivity contribution in [3.63, 3.8) is 0 Å². The van der Waals surface area contributed by atoms with Crippen LogP contribution in [0.15, 0.2) is 0 Å². The van der Waals surface area contributed by atoms with Crippen molar-refractivity contribution >= 4 is 11.9 Å². The Morgan fingerprint density at radius 1 is 1.67 bits per heavy atom. The Kier molecular flexibility index (Phi) is 2.35. The van der Waals surface area contributed by atoms with Crippen LogP contribution in [0.5, 0.6) is 0 Å². The molecule has 0 aromatic carbocycles. The van der Waals surface area contributed by atoms with E-state index in [0.717, 1.165) is 0 Å². The molecule has 12 heavy (non-hydrogen) atoms. The van der Waals surface area contributed by atoms with Crippen LogP contribution < -0.4 is 5.32 Å². The summed E-state index contributed by atoms with van der Waals surface area (Å²) in [5, 5.41) is 11.4. The summed E-state index contributed by atoms with van der Waals surface area (Å²) in [6.07, 6.45) is 0.123. The van der Waals surface area contributed by atoms with Crippen LogP contribution in [0, 0.1) is 11.8 Å². The van der Waals surface area contributed by atoms with E-state index >= 15 is 0 Å². The van der Waals surface area contributed by atoms with Gasteiger partial charge in [0, 0.05) is 12.5 Å². The Bertz CT molecular complexity index is 212. The van der Waals surface area contributed by atoms with E-state index in [1.807, 2.05) is 13.8 Å². The number of carboxylic acid groups (broad SMARTS) is 1. The highest BCUT2D eigenvalue weighted by atomic mass is 16.4. The number of aliphatic carboxylic acids is 1. The zero-order valence-corrected chi connectivity index (χ0v) is 7.20. The van der Waals surface area contributed by atoms with Crippen LogP contribution in [0.25, 0.3) is 0 Å². The maximum Gasteiger partial charge on any atom is 0.309 e. The van der Waals surface area contributed by atoms with Gasteiger partial charge in [0.05, 0.1) is 5.92 Å². The minimum absolute atomic E-state index is 0.123. The van der Waals surface area contributed by atoms with Gasteiger partial charge in [0.2, 0.25) is 5.91 Å². The van der Waals surface area contributed by atoms with Crippen LogP contribution in [0.1, 0.15) is 20.3 Å². The van der Waals surface area contributed by atoms with Crippen molar-refractivity contribution in [2.75, 3.05) is 0 Å². The lowest BCUT2D eigenvalue weighted by Crippen LogP contribution is -2.36. The van der Waals surface area contributed by atoms with Gasteiger partial charge in [-0.3, -0.25) is 9.59 Å². The quantitative estimate of drug-likeness (QED) is 0.625. The molecule has 0 unspecified atom stereocenters. The van der Waals surface area contributed by atoms with Gasteiger partial charge < -0.3 is 10.4 Å². The standard InChI is InChI=1S/C8H13NO3/c1-4(2)7-5(8(11)12)3-6(10)9-7/h4-5,7H,3H2,1-2H3,(H,9,10)(H,11,12)/t5-,7+/m0/s1. The van der Waals surface area contributed by atoms with Crippen LogP contribution in [0.4, 0.5) is 0 Å². The van der Waals surface area contributed by atoms with Crippen molar-refractivity contribution in [3.05, 3.63) is 0 Å². The molecule has 0 aliphatic carbocycles. The molecule has 0 saturated carbocycles. The number of carboxylic acids is 1. The third-order valence-electron chi connectivity index (χ3n) is 2.20. The summed E-state index contributed by atoms with van der Waals surface area (Å²) in [4.78, 5) is 21.6. The molecule has 68 valence electrons. The van der Waals surface area contributed by atoms with Crippen LogP contribution >= 0.6 is 0 Å². The van der Waals surface area contributed by atoms with Gasteiger partial charge in [-0.15, -0.1) is 0 Å². The number of nitrogens with one attached hydrogen (secondary N) is 1. The molecule has 1 heterocycles. The fourth-order valence-electron chi connectivity index (χ4n) is 1.54. The van der Waals surface area contributed by atoms with E-state index in [1.54, 1.807) is 0 Å². The smallest absolute Gasteiger partial charge is 0.309 e. The Morgan fingerprint density at radius 3 is 2.58 bits per heavy atom. The summed E-state index contributed by atoms with van der Waals surface area (Å²) in [7, 11) is 0. The maximum atomic E-state index is 10.9. The highest BCUT2D eigenvalue weighted by Crippen LogP contribution is 2.22. The molecule has 2 N–H and O–H groups in total. The van der Waals surface area contributed by atoms with Gasteiger partial charge in [-0.25, -0.2) is 0 Å². The molecule has 1 rings (SSSR count). The molecule has 4 heteroatoms. The fourth-order valence-corrected chi connectivity index (χ4v) is 1.54. The lowest BCUT2D eigenvalue weighted by Gasteiger charge is -2.18. The molecule has 1 saturated heterocycles. The Labute approximate surface area is 71.0 Å². The summed E-state index contributed by atoms with van der Waals surface area (Å²) in [6.45, 7) is 3.82. The highest BCUT2D eigenvalue weighted by Gasteiger charge is 2.38. The van der Waals surface area contributed by atoms with Crippen molar-refractivity contribution in [2.24, 2.45) is 11.8 Å². The van der Waals surface area contributed by atoms with Gasteiger partial charge in [-0.05, 0) is 5.92 Å². The van der Waals surface area contributed by atoms with Gasteiger partial charge in [-0.2, -0.15) is 0 Å². The third-order valence-corrected chi connectivity index (χ3v) is 2.20. The van der Waals surface area contributed by atoms with Crippen LogP contribution in [-0.2, 0) is 9.59 Å². The average molecular weight is 171 g/mol. The largest absolute Gasteiger partial charge is 0.481 e. The monoisotopic (exact) mass is 171 g/mol. The average Bonchev–Trinajstić information content (AvgIpc) is 2.31. The molecule has 0 radical (unpaired) electrons. The first-order valence-corrected chi connectivity index (χ1v) is 4.04. The first-order chi connectivity index (χ1) is 5.52. The molecule has 4 nitrogen and oxygen atoms in total. The Hall–Kier alpha value is -1.06. The van der Waals surface area contributed by atoms with Crippen molar-refractivity contribution in [1.29, 1.82) is 0 Å². The normalized spacial score (nSPS) is 29.1. The van der Waals surface area contributed by atoms with Gasteiger partial charge in [0.15, 0.2) is 0 Å². The van der Waals surface area contributed by atoms with Gasteiger partial charge in [0.1, 0.15) is 0 Å².